The third kappa shape index (κ3) is 3.86. The highest BCUT2D eigenvalue weighted by Crippen LogP contribution is 2.11. The van der Waals surface area contributed by atoms with Gasteiger partial charge in [0, 0.05) is 37.7 Å². The minimum atomic E-state index is 0.649. The Balaban J connectivity index is 1.84. The number of anilines is 1. The van der Waals surface area contributed by atoms with Gasteiger partial charge in [0.2, 0.25) is 0 Å². The summed E-state index contributed by atoms with van der Waals surface area (Å²) in [5.41, 5.74) is 3.42. The molecule has 0 fully saturated rings. The van der Waals surface area contributed by atoms with Crippen molar-refractivity contribution in [2.24, 2.45) is 0 Å². The van der Waals surface area contributed by atoms with Crippen molar-refractivity contribution in [3.8, 4) is 0 Å². The SMILES string of the molecule is COCc1cccc(NCCc2ccccn2)c1. The van der Waals surface area contributed by atoms with Crippen LogP contribution in [0.1, 0.15) is 11.3 Å². The van der Waals surface area contributed by atoms with Crippen LogP contribution >= 0.6 is 0 Å². The molecule has 1 aromatic carbocycles. The molecule has 1 heterocycles. The van der Waals surface area contributed by atoms with Crippen LogP contribution in [0.2, 0.25) is 0 Å². The number of benzene rings is 1. The highest BCUT2D eigenvalue weighted by Gasteiger charge is 1.96. The van der Waals surface area contributed by atoms with Gasteiger partial charge in [0.25, 0.3) is 0 Å². The van der Waals surface area contributed by atoms with Crippen LogP contribution in [0.15, 0.2) is 48.7 Å². The van der Waals surface area contributed by atoms with E-state index in [-0.39, 0.29) is 0 Å². The second-order valence-corrected chi connectivity index (χ2v) is 4.13. The molecule has 0 bridgehead atoms. The lowest BCUT2D eigenvalue weighted by Gasteiger charge is -2.08. The summed E-state index contributed by atoms with van der Waals surface area (Å²) in [6.45, 7) is 1.53. The van der Waals surface area contributed by atoms with Gasteiger partial charge in [0.15, 0.2) is 0 Å². The smallest absolute Gasteiger partial charge is 0.0713 e. The van der Waals surface area contributed by atoms with Crippen molar-refractivity contribution < 1.29 is 4.74 Å². The van der Waals surface area contributed by atoms with Crippen molar-refractivity contribution in [2.45, 2.75) is 13.0 Å². The third-order valence-electron chi connectivity index (χ3n) is 2.67. The summed E-state index contributed by atoms with van der Waals surface area (Å²) in [4.78, 5) is 4.30. The number of hydrogen-bond donors (Lipinski definition) is 1. The first-order chi connectivity index (χ1) is 8.88. The van der Waals surface area contributed by atoms with Crippen LogP contribution in [0, 0.1) is 0 Å². The molecule has 18 heavy (non-hydrogen) atoms. The summed E-state index contributed by atoms with van der Waals surface area (Å²) in [6, 6.07) is 14.3. The minimum absolute atomic E-state index is 0.649. The van der Waals surface area contributed by atoms with Crippen molar-refractivity contribution in [3.05, 3.63) is 59.9 Å². The van der Waals surface area contributed by atoms with Gasteiger partial charge in [-0.25, -0.2) is 0 Å². The quantitative estimate of drug-likeness (QED) is 0.845. The molecule has 3 heteroatoms. The van der Waals surface area contributed by atoms with Crippen LogP contribution in [-0.2, 0) is 17.8 Å². The lowest BCUT2D eigenvalue weighted by molar-refractivity contribution is 0.185. The van der Waals surface area contributed by atoms with Gasteiger partial charge in [-0.15, -0.1) is 0 Å². The summed E-state index contributed by atoms with van der Waals surface area (Å²) in [5, 5.41) is 3.40. The Morgan fingerprint density at radius 1 is 1.17 bits per heavy atom. The molecule has 0 aliphatic rings. The molecule has 0 radical (unpaired) electrons. The van der Waals surface area contributed by atoms with Gasteiger partial charge in [-0.3, -0.25) is 4.98 Å². The Morgan fingerprint density at radius 2 is 2.11 bits per heavy atom. The van der Waals surface area contributed by atoms with E-state index < -0.39 is 0 Å². The maximum absolute atomic E-state index is 5.12. The zero-order chi connectivity index (χ0) is 12.6. The standard InChI is InChI=1S/C15H18N2O/c1-18-12-13-5-4-7-15(11-13)17-10-8-14-6-2-3-9-16-14/h2-7,9,11,17H,8,10,12H2,1H3. The molecule has 0 aliphatic heterocycles. The molecule has 0 saturated carbocycles. The van der Waals surface area contributed by atoms with Crippen LogP contribution in [0.5, 0.6) is 0 Å². The summed E-state index contributed by atoms with van der Waals surface area (Å²) in [7, 11) is 1.71. The largest absolute Gasteiger partial charge is 0.385 e. The minimum Gasteiger partial charge on any atom is -0.385 e. The van der Waals surface area contributed by atoms with Gasteiger partial charge in [-0.1, -0.05) is 18.2 Å². The molecule has 3 nitrogen and oxygen atoms in total. The highest BCUT2D eigenvalue weighted by molar-refractivity contribution is 5.45. The lowest BCUT2D eigenvalue weighted by Crippen LogP contribution is -2.06. The van der Waals surface area contributed by atoms with Gasteiger partial charge >= 0.3 is 0 Å². The second kappa shape index (κ2) is 6.77. The van der Waals surface area contributed by atoms with Gasteiger partial charge in [0.05, 0.1) is 6.61 Å². The van der Waals surface area contributed by atoms with E-state index in [0.717, 1.165) is 24.3 Å². The topological polar surface area (TPSA) is 34.1 Å². The van der Waals surface area contributed by atoms with E-state index in [1.807, 2.05) is 30.5 Å². The average molecular weight is 242 g/mol. The summed E-state index contributed by atoms with van der Waals surface area (Å²) < 4.78 is 5.12. The van der Waals surface area contributed by atoms with E-state index in [2.05, 4.69) is 28.5 Å². The molecule has 0 amide bonds. The first-order valence-electron chi connectivity index (χ1n) is 6.10. The van der Waals surface area contributed by atoms with E-state index in [0.29, 0.717) is 6.61 Å². The van der Waals surface area contributed by atoms with Crippen LogP contribution in [0.4, 0.5) is 5.69 Å². The van der Waals surface area contributed by atoms with Crippen LogP contribution in [0.3, 0.4) is 0 Å². The first kappa shape index (κ1) is 12.6. The Labute approximate surface area is 108 Å². The zero-order valence-electron chi connectivity index (χ0n) is 10.6. The molecule has 0 atom stereocenters. The summed E-state index contributed by atoms with van der Waals surface area (Å²) in [5.74, 6) is 0. The number of ether oxygens (including phenoxy) is 1. The Hall–Kier alpha value is -1.87. The van der Waals surface area contributed by atoms with Crippen molar-refractivity contribution in [1.29, 1.82) is 0 Å². The molecule has 0 aliphatic carbocycles. The van der Waals surface area contributed by atoms with Crippen molar-refractivity contribution in [1.82, 2.24) is 4.98 Å². The molecule has 94 valence electrons. The number of nitrogens with one attached hydrogen (secondary N) is 1. The fraction of sp³-hybridized carbons (Fsp3) is 0.267. The summed E-state index contributed by atoms with van der Waals surface area (Å²) in [6.07, 6.45) is 2.75. The third-order valence-corrected chi connectivity index (χ3v) is 2.67. The Kier molecular flexibility index (Phi) is 4.73. The number of methoxy groups -OCH3 is 1. The molecule has 1 N–H and O–H groups in total. The first-order valence-corrected chi connectivity index (χ1v) is 6.10. The van der Waals surface area contributed by atoms with Crippen LogP contribution in [0.25, 0.3) is 0 Å². The molecular formula is C15H18N2O. The van der Waals surface area contributed by atoms with E-state index in [1.54, 1.807) is 7.11 Å². The molecule has 2 rings (SSSR count). The maximum atomic E-state index is 5.12. The normalized spacial score (nSPS) is 10.3. The lowest BCUT2D eigenvalue weighted by atomic mass is 10.2. The fourth-order valence-corrected chi connectivity index (χ4v) is 1.82. The van der Waals surface area contributed by atoms with E-state index in [9.17, 15) is 0 Å². The molecule has 0 unspecified atom stereocenters. The number of pyridine rings is 1. The highest BCUT2D eigenvalue weighted by atomic mass is 16.5. The van der Waals surface area contributed by atoms with E-state index >= 15 is 0 Å². The zero-order valence-corrected chi connectivity index (χ0v) is 10.6. The van der Waals surface area contributed by atoms with Gasteiger partial charge in [0.1, 0.15) is 0 Å². The number of rotatable bonds is 6. The predicted molar refractivity (Wildman–Crippen MR) is 73.6 cm³/mol. The van der Waals surface area contributed by atoms with Gasteiger partial charge in [-0.05, 0) is 29.8 Å². The maximum Gasteiger partial charge on any atom is 0.0713 e. The molecule has 0 spiro atoms. The van der Waals surface area contributed by atoms with Gasteiger partial charge < -0.3 is 10.1 Å². The molecule has 0 saturated heterocycles. The van der Waals surface area contributed by atoms with E-state index in [4.69, 9.17) is 4.74 Å². The average Bonchev–Trinajstić information content (AvgIpc) is 2.41. The van der Waals surface area contributed by atoms with Crippen LogP contribution < -0.4 is 5.32 Å². The number of hydrogen-bond acceptors (Lipinski definition) is 3. The van der Waals surface area contributed by atoms with Crippen molar-refractivity contribution in [2.75, 3.05) is 19.0 Å². The molecular weight excluding hydrogens is 224 g/mol. The molecule has 2 aromatic rings. The van der Waals surface area contributed by atoms with Gasteiger partial charge in [-0.2, -0.15) is 0 Å². The monoisotopic (exact) mass is 242 g/mol. The summed E-state index contributed by atoms with van der Waals surface area (Å²) >= 11 is 0. The number of nitrogens with zero attached hydrogens (tertiary/aromatic N) is 1. The molecule has 1 aromatic heterocycles. The van der Waals surface area contributed by atoms with E-state index in [1.165, 1.54) is 5.56 Å². The van der Waals surface area contributed by atoms with Crippen molar-refractivity contribution >= 4 is 5.69 Å². The predicted octanol–water partition coefficient (Wildman–Crippen LogP) is 2.88. The fourth-order valence-electron chi connectivity index (χ4n) is 1.82. The van der Waals surface area contributed by atoms with Crippen molar-refractivity contribution in [3.63, 3.8) is 0 Å². The number of aromatic nitrogens is 1. The second-order valence-electron chi connectivity index (χ2n) is 4.13. The Bertz CT molecular complexity index is 471. The van der Waals surface area contributed by atoms with Crippen LogP contribution in [-0.4, -0.2) is 18.6 Å². The Morgan fingerprint density at radius 3 is 2.89 bits per heavy atom.